The van der Waals surface area contributed by atoms with Gasteiger partial charge in [-0.05, 0) is 48.9 Å². The summed E-state index contributed by atoms with van der Waals surface area (Å²) in [5.74, 6) is -0.0540. The van der Waals surface area contributed by atoms with E-state index in [1.54, 1.807) is 12.1 Å². The lowest BCUT2D eigenvalue weighted by Crippen LogP contribution is -2.37. The molecule has 21 heavy (non-hydrogen) atoms. The lowest BCUT2D eigenvalue weighted by atomic mass is 9.90. The number of benzene rings is 1. The standard InChI is InChI=1S/C17H25FN2O/c1-13(6-7-14-4-3-5-15(18)10-14)16(21)20-9-8-17(2,11-19)12-20/h3-5,10,13H,6-9,11-12,19H2,1-2H3. The summed E-state index contributed by atoms with van der Waals surface area (Å²) in [6.07, 6.45) is 2.46. The number of hydrogen-bond donors (Lipinski definition) is 1. The van der Waals surface area contributed by atoms with Crippen molar-refractivity contribution in [2.75, 3.05) is 19.6 Å². The number of hydrogen-bond acceptors (Lipinski definition) is 2. The molecule has 2 unspecified atom stereocenters. The van der Waals surface area contributed by atoms with Crippen LogP contribution in [0.15, 0.2) is 24.3 Å². The Kier molecular flexibility index (Phi) is 4.99. The van der Waals surface area contributed by atoms with Gasteiger partial charge in [-0.15, -0.1) is 0 Å². The molecular formula is C17H25FN2O. The second-order valence-corrected chi connectivity index (χ2v) is 6.59. The van der Waals surface area contributed by atoms with Crippen molar-refractivity contribution in [1.82, 2.24) is 4.90 Å². The first-order chi connectivity index (χ1) is 9.93. The first-order valence-corrected chi connectivity index (χ1v) is 7.67. The zero-order chi connectivity index (χ0) is 15.5. The molecule has 0 saturated carbocycles. The summed E-state index contributed by atoms with van der Waals surface area (Å²) in [5, 5.41) is 0. The summed E-state index contributed by atoms with van der Waals surface area (Å²) in [5.41, 5.74) is 6.80. The Morgan fingerprint density at radius 2 is 2.29 bits per heavy atom. The molecule has 1 fully saturated rings. The second kappa shape index (κ2) is 6.56. The summed E-state index contributed by atoms with van der Waals surface area (Å²) in [7, 11) is 0. The average molecular weight is 292 g/mol. The number of rotatable bonds is 5. The van der Waals surface area contributed by atoms with Gasteiger partial charge in [0.15, 0.2) is 0 Å². The first kappa shape index (κ1) is 16.0. The number of nitrogens with two attached hydrogens (primary N) is 1. The van der Waals surface area contributed by atoms with Crippen molar-refractivity contribution in [3.8, 4) is 0 Å². The molecule has 0 spiro atoms. The molecule has 116 valence electrons. The van der Waals surface area contributed by atoms with Gasteiger partial charge in [-0.1, -0.05) is 26.0 Å². The molecule has 1 amide bonds. The van der Waals surface area contributed by atoms with Gasteiger partial charge in [0.05, 0.1) is 0 Å². The fourth-order valence-electron chi connectivity index (χ4n) is 2.89. The molecule has 1 saturated heterocycles. The Morgan fingerprint density at radius 1 is 1.52 bits per heavy atom. The van der Waals surface area contributed by atoms with Crippen molar-refractivity contribution in [3.63, 3.8) is 0 Å². The molecule has 2 atom stereocenters. The van der Waals surface area contributed by atoms with Gasteiger partial charge >= 0.3 is 0 Å². The van der Waals surface area contributed by atoms with Crippen LogP contribution in [-0.4, -0.2) is 30.4 Å². The van der Waals surface area contributed by atoms with E-state index in [-0.39, 0.29) is 23.1 Å². The summed E-state index contributed by atoms with van der Waals surface area (Å²) < 4.78 is 13.1. The van der Waals surface area contributed by atoms with Gasteiger partial charge < -0.3 is 10.6 Å². The van der Waals surface area contributed by atoms with Crippen LogP contribution in [0.4, 0.5) is 4.39 Å². The van der Waals surface area contributed by atoms with Gasteiger partial charge in [0.2, 0.25) is 5.91 Å². The van der Waals surface area contributed by atoms with Gasteiger partial charge in [-0.25, -0.2) is 4.39 Å². The highest BCUT2D eigenvalue weighted by Crippen LogP contribution is 2.29. The van der Waals surface area contributed by atoms with Gasteiger partial charge in [0.1, 0.15) is 5.82 Å². The van der Waals surface area contributed by atoms with Crippen molar-refractivity contribution in [3.05, 3.63) is 35.6 Å². The smallest absolute Gasteiger partial charge is 0.225 e. The fourth-order valence-corrected chi connectivity index (χ4v) is 2.89. The third-order valence-electron chi connectivity index (χ3n) is 4.54. The summed E-state index contributed by atoms with van der Waals surface area (Å²) in [6, 6.07) is 6.60. The molecule has 0 radical (unpaired) electrons. The number of amides is 1. The molecule has 0 bridgehead atoms. The van der Waals surface area contributed by atoms with Gasteiger partial charge in [-0.2, -0.15) is 0 Å². The highest BCUT2D eigenvalue weighted by molar-refractivity contribution is 5.78. The maximum Gasteiger partial charge on any atom is 0.225 e. The minimum atomic E-state index is -0.218. The third kappa shape index (κ3) is 4.03. The van der Waals surface area contributed by atoms with E-state index in [1.807, 2.05) is 17.9 Å². The van der Waals surface area contributed by atoms with Gasteiger partial charge in [0, 0.05) is 19.0 Å². The number of carbonyl (C=O) groups excluding carboxylic acids is 1. The van der Waals surface area contributed by atoms with Crippen LogP contribution in [0.5, 0.6) is 0 Å². The van der Waals surface area contributed by atoms with Crippen LogP contribution in [0, 0.1) is 17.2 Å². The Morgan fingerprint density at radius 3 is 2.90 bits per heavy atom. The topological polar surface area (TPSA) is 46.3 Å². The predicted molar refractivity (Wildman–Crippen MR) is 82.2 cm³/mol. The van der Waals surface area contributed by atoms with E-state index in [4.69, 9.17) is 5.73 Å². The van der Waals surface area contributed by atoms with E-state index < -0.39 is 0 Å². The van der Waals surface area contributed by atoms with Crippen LogP contribution < -0.4 is 5.73 Å². The third-order valence-corrected chi connectivity index (χ3v) is 4.54. The highest BCUT2D eigenvalue weighted by Gasteiger charge is 2.35. The molecular weight excluding hydrogens is 267 g/mol. The summed E-state index contributed by atoms with van der Waals surface area (Å²) in [4.78, 5) is 14.4. The van der Waals surface area contributed by atoms with Crippen LogP contribution in [0.1, 0.15) is 32.3 Å². The lowest BCUT2D eigenvalue weighted by molar-refractivity contribution is -0.134. The number of aryl methyl sites for hydroxylation is 1. The molecule has 1 aliphatic heterocycles. The van der Waals surface area contributed by atoms with Crippen molar-refractivity contribution >= 4 is 5.91 Å². The monoisotopic (exact) mass is 292 g/mol. The number of likely N-dealkylation sites (tertiary alicyclic amines) is 1. The summed E-state index contributed by atoms with van der Waals surface area (Å²) in [6.45, 7) is 6.27. The molecule has 4 heteroatoms. The van der Waals surface area contributed by atoms with Crippen molar-refractivity contribution < 1.29 is 9.18 Å². The SMILES string of the molecule is CC(CCc1cccc(F)c1)C(=O)N1CCC(C)(CN)C1. The molecule has 2 N–H and O–H groups in total. The molecule has 2 rings (SSSR count). The minimum Gasteiger partial charge on any atom is -0.342 e. The Hall–Kier alpha value is -1.42. The fraction of sp³-hybridized carbons (Fsp3) is 0.588. The van der Waals surface area contributed by atoms with E-state index in [0.717, 1.165) is 37.9 Å². The molecule has 3 nitrogen and oxygen atoms in total. The van der Waals surface area contributed by atoms with Crippen LogP contribution >= 0.6 is 0 Å². The maximum absolute atomic E-state index is 13.1. The highest BCUT2D eigenvalue weighted by atomic mass is 19.1. The Bertz CT molecular complexity index is 505. The Balaban J connectivity index is 1.86. The average Bonchev–Trinajstić information content (AvgIpc) is 2.87. The largest absolute Gasteiger partial charge is 0.342 e. The van der Waals surface area contributed by atoms with Crippen LogP contribution in [-0.2, 0) is 11.2 Å². The van der Waals surface area contributed by atoms with Crippen LogP contribution in [0.3, 0.4) is 0 Å². The molecule has 1 heterocycles. The van der Waals surface area contributed by atoms with E-state index in [0.29, 0.717) is 6.54 Å². The number of nitrogens with zero attached hydrogens (tertiary/aromatic N) is 1. The molecule has 1 aromatic rings. The predicted octanol–water partition coefficient (Wildman–Crippen LogP) is 2.59. The van der Waals surface area contributed by atoms with Crippen LogP contribution in [0.2, 0.25) is 0 Å². The number of halogens is 1. The maximum atomic E-state index is 13.1. The Labute approximate surface area is 126 Å². The van der Waals surface area contributed by atoms with Crippen LogP contribution in [0.25, 0.3) is 0 Å². The zero-order valence-electron chi connectivity index (χ0n) is 12.9. The molecule has 0 aromatic heterocycles. The van der Waals surface area contributed by atoms with Crippen molar-refractivity contribution in [2.45, 2.75) is 33.1 Å². The van der Waals surface area contributed by atoms with E-state index >= 15 is 0 Å². The molecule has 0 aliphatic carbocycles. The van der Waals surface area contributed by atoms with Crippen molar-refractivity contribution in [2.24, 2.45) is 17.1 Å². The van der Waals surface area contributed by atoms with E-state index in [9.17, 15) is 9.18 Å². The van der Waals surface area contributed by atoms with E-state index in [1.165, 1.54) is 6.07 Å². The molecule has 1 aliphatic rings. The lowest BCUT2D eigenvalue weighted by Gasteiger charge is -2.24. The first-order valence-electron chi connectivity index (χ1n) is 7.67. The normalized spacial score (nSPS) is 23.3. The second-order valence-electron chi connectivity index (χ2n) is 6.59. The zero-order valence-corrected chi connectivity index (χ0v) is 12.9. The van der Waals surface area contributed by atoms with Gasteiger partial charge in [0.25, 0.3) is 0 Å². The van der Waals surface area contributed by atoms with Gasteiger partial charge in [-0.3, -0.25) is 4.79 Å². The quantitative estimate of drug-likeness (QED) is 0.906. The number of carbonyl (C=O) groups is 1. The molecule has 1 aromatic carbocycles. The summed E-state index contributed by atoms with van der Waals surface area (Å²) >= 11 is 0. The van der Waals surface area contributed by atoms with E-state index in [2.05, 4.69) is 6.92 Å². The van der Waals surface area contributed by atoms with Crippen molar-refractivity contribution in [1.29, 1.82) is 0 Å². The minimum absolute atomic E-state index is 0.0339.